The summed E-state index contributed by atoms with van der Waals surface area (Å²) in [5, 5.41) is 10.1. The van der Waals surface area contributed by atoms with Gasteiger partial charge in [0.1, 0.15) is 5.75 Å². The van der Waals surface area contributed by atoms with Gasteiger partial charge in [0.05, 0.1) is 12.7 Å². The normalized spacial score (nSPS) is 17.3. The molecule has 0 heterocycles. The van der Waals surface area contributed by atoms with E-state index in [9.17, 15) is 5.11 Å². The monoisotopic (exact) mass is 282 g/mol. The number of benzene rings is 2. The van der Waals surface area contributed by atoms with Gasteiger partial charge >= 0.3 is 0 Å². The largest absolute Gasteiger partial charge is 0.494 e. The van der Waals surface area contributed by atoms with Gasteiger partial charge in [-0.05, 0) is 60.9 Å². The number of aliphatic hydroxyl groups is 1. The summed E-state index contributed by atoms with van der Waals surface area (Å²) < 4.78 is 5.83. The molecule has 1 aliphatic rings. The van der Waals surface area contributed by atoms with Crippen LogP contribution in [0.3, 0.4) is 0 Å². The lowest BCUT2D eigenvalue weighted by Gasteiger charge is -2.22. The van der Waals surface area contributed by atoms with Crippen LogP contribution in [0.4, 0.5) is 0 Å². The van der Waals surface area contributed by atoms with E-state index in [0.29, 0.717) is 6.61 Å². The molecule has 2 nitrogen and oxygen atoms in total. The summed E-state index contributed by atoms with van der Waals surface area (Å²) >= 11 is 0. The van der Waals surface area contributed by atoms with Gasteiger partial charge in [0.15, 0.2) is 0 Å². The topological polar surface area (TPSA) is 29.5 Å². The second-order valence-electron chi connectivity index (χ2n) is 5.71. The Morgan fingerprint density at radius 1 is 1.10 bits per heavy atom. The maximum absolute atomic E-state index is 10.1. The number of hydrogen-bond acceptors (Lipinski definition) is 2. The zero-order valence-corrected chi connectivity index (χ0v) is 12.3. The summed E-state index contributed by atoms with van der Waals surface area (Å²) in [6, 6.07) is 16.6. The molecule has 2 heteroatoms. The average Bonchev–Trinajstić information content (AvgIpc) is 2.53. The third-order valence-corrected chi connectivity index (χ3v) is 4.12. The molecule has 1 N–H and O–H groups in total. The van der Waals surface area contributed by atoms with Crippen LogP contribution in [0.25, 0.3) is 0 Å². The highest BCUT2D eigenvalue weighted by molar-refractivity contribution is 5.38. The second-order valence-corrected chi connectivity index (χ2v) is 5.71. The van der Waals surface area contributed by atoms with Crippen molar-refractivity contribution in [3.05, 3.63) is 65.2 Å². The van der Waals surface area contributed by atoms with E-state index in [-0.39, 0.29) is 6.10 Å². The van der Waals surface area contributed by atoms with Gasteiger partial charge in [-0.3, -0.25) is 0 Å². The van der Waals surface area contributed by atoms with Crippen molar-refractivity contribution in [3.63, 3.8) is 0 Å². The standard InChI is InChI=1S/C19H22O2/c20-19-10-4-9-16-11-12-17(14-18(16)19)21-13-5-8-15-6-2-1-3-7-15/h1-3,6-7,11-12,14,19-20H,4-5,8-10,13H2/t19-/m0/s1. The van der Waals surface area contributed by atoms with Crippen molar-refractivity contribution >= 4 is 0 Å². The zero-order chi connectivity index (χ0) is 14.5. The Kier molecular flexibility index (Phi) is 4.56. The Morgan fingerprint density at radius 2 is 1.95 bits per heavy atom. The maximum Gasteiger partial charge on any atom is 0.119 e. The molecule has 0 aliphatic heterocycles. The summed E-state index contributed by atoms with van der Waals surface area (Å²) in [6.07, 6.45) is 4.73. The van der Waals surface area contributed by atoms with Crippen LogP contribution in [0.15, 0.2) is 48.5 Å². The minimum absolute atomic E-state index is 0.318. The molecule has 3 rings (SSSR count). The van der Waals surface area contributed by atoms with Crippen molar-refractivity contribution in [2.24, 2.45) is 0 Å². The van der Waals surface area contributed by atoms with E-state index in [1.807, 2.05) is 18.2 Å². The van der Waals surface area contributed by atoms with Crippen LogP contribution in [0.1, 0.15) is 42.1 Å². The molecule has 110 valence electrons. The molecule has 1 atom stereocenters. The molecule has 0 saturated carbocycles. The first kappa shape index (κ1) is 14.2. The van der Waals surface area contributed by atoms with E-state index >= 15 is 0 Å². The molecule has 21 heavy (non-hydrogen) atoms. The van der Waals surface area contributed by atoms with Crippen molar-refractivity contribution in [3.8, 4) is 5.75 Å². The molecule has 0 fully saturated rings. The van der Waals surface area contributed by atoms with Gasteiger partial charge in [-0.25, -0.2) is 0 Å². The van der Waals surface area contributed by atoms with Gasteiger partial charge in [0.2, 0.25) is 0 Å². The molecule has 0 saturated heterocycles. The highest BCUT2D eigenvalue weighted by Gasteiger charge is 2.18. The van der Waals surface area contributed by atoms with Gasteiger partial charge in [-0.1, -0.05) is 36.4 Å². The summed E-state index contributed by atoms with van der Waals surface area (Å²) in [5.41, 5.74) is 3.68. The first-order chi connectivity index (χ1) is 10.3. The predicted molar refractivity (Wildman–Crippen MR) is 84.6 cm³/mol. The van der Waals surface area contributed by atoms with Crippen LogP contribution in [0.5, 0.6) is 5.75 Å². The number of rotatable bonds is 5. The van der Waals surface area contributed by atoms with Gasteiger partial charge in [0.25, 0.3) is 0 Å². The first-order valence-corrected chi connectivity index (χ1v) is 7.80. The Morgan fingerprint density at radius 3 is 2.81 bits per heavy atom. The van der Waals surface area contributed by atoms with Gasteiger partial charge in [0, 0.05) is 0 Å². The summed E-state index contributed by atoms with van der Waals surface area (Å²) in [6.45, 7) is 0.712. The number of ether oxygens (including phenoxy) is 1. The SMILES string of the molecule is O[C@H]1CCCc2ccc(OCCCc3ccccc3)cc21. The van der Waals surface area contributed by atoms with E-state index in [0.717, 1.165) is 43.4 Å². The molecule has 0 aromatic heterocycles. The Balaban J connectivity index is 1.53. The van der Waals surface area contributed by atoms with Crippen molar-refractivity contribution in [2.75, 3.05) is 6.61 Å². The molecular weight excluding hydrogens is 260 g/mol. The first-order valence-electron chi connectivity index (χ1n) is 7.80. The van der Waals surface area contributed by atoms with Crippen molar-refractivity contribution in [2.45, 2.75) is 38.2 Å². The quantitative estimate of drug-likeness (QED) is 0.838. The van der Waals surface area contributed by atoms with Crippen LogP contribution in [0, 0.1) is 0 Å². The van der Waals surface area contributed by atoms with Crippen LogP contribution in [-0.2, 0) is 12.8 Å². The third-order valence-electron chi connectivity index (χ3n) is 4.12. The molecule has 0 spiro atoms. The van der Waals surface area contributed by atoms with Crippen LogP contribution in [0.2, 0.25) is 0 Å². The molecule has 1 aliphatic carbocycles. The number of fused-ring (bicyclic) bond motifs is 1. The van der Waals surface area contributed by atoms with Gasteiger partial charge in [-0.15, -0.1) is 0 Å². The Labute approximate surface area is 126 Å². The maximum atomic E-state index is 10.1. The lowest BCUT2D eigenvalue weighted by atomic mass is 9.89. The number of aliphatic hydroxyl groups excluding tert-OH is 1. The molecular formula is C19H22O2. The molecule has 2 aromatic carbocycles. The van der Waals surface area contributed by atoms with E-state index < -0.39 is 0 Å². The van der Waals surface area contributed by atoms with E-state index in [2.05, 4.69) is 30.3 Å². The molecule has 0 radical (unpaired) electrons. The molecule has 0 bridgehead atoms. The Bertz CT molecular complexity index is 577. The summed E-state index contributed by atoms with van der Waals surface area (Å²) in [4.78, 5) is 0. The average molecular weight is 282 g/mol. The fraction of sp³-hybridized carbons (Fsp3) is 0.368. The van der Waals surface area contributed by atoms with E-state index in [4.69, 9.17) is 4.74 Å². The highest BCUT2D eigenvalue weighted by Crippen LogP contribution is 2.32. The predicted octanol–water partition coefficient (Wildman–Crippen LogP) is 4.07. The zero-order valence-electron chi connectivity index (χ0n) is 12.3. The molecule has 0 amide bonds. The highest BCUT2D eigenvalue weighted by atomic mass is 16.5. The minimum atomic E-state index is -0.318. The fourth-order valence-corrected chi connectivity index (χ4v) is 2.95. The van der Waals surface area contributed by atoms with Crippen LogP contribution < -0.4 is 4.74 Å². The lowest BCUT2D eigenvalue weighted by Crippen LogP contribution is -2.09. The lowest BCUT2D eigenvalue weighted by molar-refractivity contribution is 0.156. The smallest absolute Gasteiger partial charge is 0.119 e. The van der Waals surface area contributed by atoms with Gasteiger partial charge < -0.3 is 9.84 Å². The fourth-order valence-electron chi connectivity index (χ4n) is 2.95. The third kappa shape index (κ3) is 3.64. The number of aryl methyl sites for hydroxylation is 2. The van der Waals surface area contributed by atoms with E-state index in [1.54, 1.807) is 0 Å². The summed E-state index contributed by atoms with van der Waals surface area (Å²) in [5.74, 6) is 0.878. The van der Waals surface area contributed by atoms with Crippen molar-refractivity contribution < 1.29 is 9.84 Å². The van der Waals surface area contributed by atoms with Crippen LogP contribution >= 0.6 is 0 Å². The second kappa shape index (κ2) is 6.77. The van der Waals surface area contributed by atoms with Gasteiger partial charge in [-0.2, -0.15) is 0 Å². The molecule has 2 aromatic rings. The van der Waals surface area contributed by atoms with Crippen molar-refractivity contribution in [1.82, 2.24) is 0 Å². The number of hydrogen-bond donors (Lipinski definition) is 1. The summed E-state index contributed by atoms with van der Waals surface area (Å²) in [7, 11) is 0. The van der Waals surface area contributed by atoms with E-state index in [1.165, 1.54) is 11.1 Å². The van der Waals surface area contributed by atoms with Crippen molar-refractivity contribution in [1.29, 1.82) is 0 Å². The Hall–Kier alpha value is -1.80. The van der Waals surface area contributed by atoms with Crippen LogP contribution in [-0.4, -0.2) is 11.7 Å². The minimum Gasteiger partial charge on any atom is -0.494 e. The molecule has 0 unspecified atom stereocenters.